The largest absolute Gasteiger partial charge is 0.324 e. The van der Waals surface area contributed by atoms with Gasteiger partial charge in [0, 0.05) is 74.4 Å². The van der Waals surface area contributed by atoms with E-state index in [1.165, 1.54) is 5.56 Å². The van der Waals surface area contributed by atoms with Gasteiger partial charge in [0.1, 0.15) is 0 Å². The first-order chi connectivity index (χ1) is 16.1. The Labute approximate surface area is 194 Å². The van der Waals surface area contributed by atoms with Crippen molar-refractivity contribution < 1.29 is 0 Å². The number of hydrogen-bond donors (Lipinski definition) is 1. The highest BCUT2D eigenvalue weighted by molar-refractivity contribution is 5.81. The number of hydrogen-bond acceptors (Lipinski definition) is 6. The molecule has 0 amide bonds. The van der Waals surface area contributed by atoms with Gasteiger partial charge in [-0.2, -0.15) is 5.10 Å². The van der Waals surface area contributed by atoms with Crippen LogP contribution in [0.3, 0.4) is 0 Å². The minimum absolute atomic E-state index is 0.560. The average molecular weight is 438 g/mol. The van der Waals surface area contributed by atoms with Crippen molar-refractivity contribution in [2.45, 2.75) is 6.54 Å². The third-order valence-corrected chi connectivity index (χ3v) is 6.04. The predicted molar refractivity (Wildman–Crippen MR) is 132 cm³/mol. The van der Waals surface area contributed by atoms with Crippen molar-refractivity contribution in [2.24, 2.45) is 7.05 Å². The molecule has 2 aromatic heterocycles. The Morgan fingerprint density at radius 1 is 1.00 bits per heavy atom. The van der Waals surface area contributed by atoms with Gasteiger partial charge in [0.15, 0.2) is 0 Å². The third-order valence-electron chi connectivity index (χ3n) is 6.04. The number of aryl methyl sites for hydroxylation is 1. The molecule has 4 aromatic rings. The summed E-state index contributed by atoms with van der Waals surface area (Å²) in [4.78, 5) is 14.1. The van der Waals surface area contributed by atoms with E-state index in [-0.39, 0.29) is 0 Å². The van der Waals surface area contributed by atoms with E-state index in [0.29, 0.717) is 5.95 Å². The average Bonchev–Trinajstić information content (AvgIpc) is 3.26. The Bertz CT molecular complexity index is 1330. The fraction of sp³-hybridized carbons (Fsp3) is 0.269. The Morgan fingerprint density at radius 2 is 1.85 bits per heavy atom. The molecule has 1 aliphatic heterocycles. The Hall–Kier alpha value is -3.73. The number of aromatic nitrogens is 4. The van der Waals surface area contributed by atoms with Gasteiger partial charge in [0.05, 0.1) is 11.7 Å². The minimum Gasteiger partial charge on any atom is -0.324 e. The molecule has 0 atom stereocenters. The number of piperazine rings is 1. The van der Waals surface area contributed by atoms with Crippen LogP contribution in [-0.2, 0) is 13.6 Å². The summed E-state index contributed by atoms with van der Waals surface area (Å²) in [5.41, 5.74) is 6.10. The number of nitrogens with one attached hydrogen (secondary N) is 1. The van der Waals surface area contributed by atoms with Crippen LogP contribution in [0.4, 0.5) is 11.6 Å². The first kappa shape index (κ1) is 21.1. The molecule has 166 valence electrons. The smallest absolute Gasteiger partial charge is 0.227 e. The van der Waals surface area contributed by atoms with Gasteiger partial charge in [0.2, 0.25) is 5.95 Å². The van der Waals surface area contributed by atoms with E-state index in [1.807, 2.05) is 48.5 Å². The van der Waals surface area contributed by atoms with Crippen LogP contribution in [0, 0.1) is 12.3 Å². The van der Waals surface area contributed by atoms with Crippen LogP contribution in [0.2, 0.25) is 0 Å². The van der Waals surface area contributed by atoms with Gasteiger partial charge in [-0.3, -0.25) is 9.58 Å². The van der Waals surface area contributed by atoms with Gasteiger partial charge < -0.3 is 10.2 Å². The molecule has 0 saturated carbocycles. The summed E-state index contributed by atoms with van der Waals surface area (Å²) in [5.74, 6) is 3.21. The van der Waals surface area contributed by atoms with Crippen molar-refractivity contribution in [2.75, 3.05) is 38.5 Å². The van der Waals surface area contributed by atoms with E-state index in [0.717, 1.165) is 66.0 Å². The maximum atomic E-state index is 5.51. The lowest BCUT2D eigenvalue weighted by Gasteiger charge is -2.32. The Balaban J connectivity index is 1.45. The molecule has 1 saturated heterocycles. The van der Waals surface area contributed by atoms with Crippen LogP contribution in [0.15, 0.2) is 55.0 Å². The summed E-state index contributed by atoms with van der Waals surface area (Å²) in [6, 6.07) is 12.3. The number of benzene rings is 2. The molecule has 7 nitrogen and oxygen atoms in total. The van der Waals surface area contributed by atoms with Crippen LogP contribution in [-0.4, -0.2) is 62.8 Å². The number of likely N-dealkylation sites (N-methyl/N-ethyl adjacent to an activating group) is 1. The summed E-state index contributed by atoms with van der Waals surface area (Å²) in [6.45, 7) is 5.25. The van der Waals surface area contributed by atoms with E-state index >= 15 is 0 Å². The second-order valence-corrected chi connectivity index (χ2v) is 8.64. The number of anilines is 2. The van der Waals surface area contributed by atoms with Gasteiger partial charge >= 0.3 is 0 Å². The van der Waals surface area contributed by atoms with Crippen molar-refractivity contribution in [3.8, 4) is 23.5 Å². The highest BCUT2D eigenvalue weighted by Crippen LogP contribution is 2.27. The lowest BCUT2D eigenvalue weighted by atomic mass is 10.0. The van der Waals surface area contributed by atoms with Gasteiger partial charge in [-0.15, -0.1) is 6.42 Å². The Kier molecular flexibility index (Phi) is 5.78. The normalized spacial score (nSPS) is 14.9. The molecule has 0 bridgehead atoms. The van der Waals surface area contributed by atoms with Crippen molar-refractivity contribution in [1.29, 1.82) is 0 Å². The van der Waals surface area contributed by atoms with Crippen molar-refractivity contribution >= 4 is 22.5 Å². The molecule has 0 radical (unpaired) electrons. The fourth-order valence-electron chi connectivity index (χ4n) is 4.17. The number of terminal acetylenes is 1. The topological polar surface area (TPSA) is 62.1 Å². The van der Waals surface area contributed by atoms with Gasteiger partial charge in [-0.1, -0.05) is 5.92 Å². The number of nitrogens with zero attached hydrogens (tertiary/aromatic N) is 6. The van der Waals surface area contributed by atoms with E-state index < -0.39 is 0 Å². The molecule has 2 aromatic carbocycles. The van der Waals surface area contributed by atoms with E-state index in [1.54, 1.807) is 0 Å². The molecule has 33 heavy (non-hydrogen) atoms. The third kappa shape index (κ3) is 4.87. The molecule has 0 unspecified atom stereocenters. The lowest BCUT2D eigenvalue weighted by molar-refractivity contribution is 0.148. The molecule has 3 heterocycles. The zero-order valence-corrected chi connectivity index (χ0v) is 19.0. The summed E-state index contributed by atoms with van der Waals surface area (Å²) in [6.07, 6.45) is 11.2. The monoisotopic (exact) mass is 437 g/mol. The summed E-state index contributed by atoms with van der Waals surface area (Å²) < 4.78 is 1.83. The highest BCUT2D eigenvalue weighted by atomic mass is 15.2. The summed E-state index contributed by atoms with van der Waals surface area (Å²) >= 11 is 0. The number of fused-ring (bicyclic) bond motifs is 1. The molecule has 1 fully saturated rings. The zero-order chi connectivity index (χ0) is 22.8. The minimum atomic E-state index is 0.560. The van der Waals surface area contributed by atoms with Crippen LogP contribution < -0.4 is 5.32 Å². The SMILES string of the molecule is C#Cc1ccc2nc(Nc3cc(CN4CCN(C)CC4)cc(-c4cnn(C)c4)c3)ncc2c1. The van der Waals surface area contributed by atoms with Crippen molar-refractivity contribution in [1.82, 2.24) is 29.5 Å². The molecule has 5 rings (SSSR count). The van der Waals surface area contributed by atoms with Gasteiger partial charge in [-0.25, -0.2) is 9.97 Å². The fourth-order valence-corrected chi connectivity index (χ4v) is 4.17. The van der Waals surface area contributed by atoms with Crippen LogP contribution in [0.1, 0.15) is 11.1 Å². The van der Waals surface area contributed by atoms with Gasteiger partial charge in [-0.05, 0) is 54.6 Å². The lowest BCUT2D eigenvalue weighted by Crippen LogP contribution is -2.43. The predicted octanol–water partition coefficient (Wildman–Crippen LogP) is 3.50. The molecular weight excluding hydrogens is 410 g/mol. The van der Waals surface area contributed by atoms with Crippen molar-refractivity contribution in [3.63, 3.8) is 0 Å². The molecular formula is C26H27N7. The van der Waals surface area contributed by atoms with Gasteiger partial charge in [0.25, 0.3) is 0 Å². The van der Waals surface area contributed by atoms with Crippen molar-refractivity contribution in [3.05, 3.63) is 66.1 Å². The molecule has 1 N–H and O–H groups in total. The maximum Gasteiger partial charge on any atom is 0.227 e. The number of rotatable bonds is 5. The molecule has 1 aliphatic rings. The van der Waals surface area contributed by atoms with E-state index in [9.17, 15) is 0 Å². The van der Waals surface area contributed by atoms with E-state index in [2.05, 4.69) is 61.4 Å². The highest BCUT2D eigenvalue weighted by Gasteiger charge is 2.15. The first-order valence-electron chi connectivity index (χ1n) is 11.1. The Morgan fingerprint density at radius 3 is 2.61 bits per heavy atom. The first-order valence-corrected chi connectivity index (χ1v) is 11.1. The molecule has 7 heteroatoms. The van der Waals surface area contributed by atoms with Crippen LogP contribution in [0.5, 0.6) is 0 Å². The van der Waals surface area contributed by atoms with Crippen LogP contribution >= 0.6 is 0 Å². The standard InChI is InChI=1S/C26H27N7/c1-4-19-5-6-25-22(11-19)15-27-26(30-25)29-24-13-20(17-33-9-7-31(2)8-10-33)12-21(14-24)23-16-28-32(3)18-23/h1,5-6,11-16,18H,7-10,17H2,2-3H3,(H,27,29,30). The second-order valence-electron chi connectivity index (χ2n) is 8.64. The molecule has 0 spiro atoms. The van der Waals surface area contributed by atoms with Crippen LogP contribution in [0.25, 0.3) is 22.0 Å². The van der Waals surface area contributed by atoms with E-state index in [4.69, 9.17) is 6.42 Å². The second kappa shape index (κ2) is 9.02. The quantitative estimate of drug-likeness (QED) is 0.482. The zero-order valence-electron chi connectivity index (χ0n) is 19.0. The summed E-state index contributed by atoms with van der Waals surface area (Å²) in [7, 11) is 4.12. The summed E-state index contributed by atoms with van der Waals surface area (Å²) in [5, 5.41) is 8.69. The maximum absolute atomic E-state index is 5.51. The molecule has 0 aliphatic carbocycles.